The van der Waals surface area contributed by atoms with Crippen molar-refractivity contribution >= 4 is 29.1 Å². The minimum Gasteiger partial charge on any atom is -0.350 e. The fourth-order valence-corrected chi connectivity index (χ4v) is 2.22. The molecule has 2 N–H and O–H groups in total. The van der Waals surface area contributed by atoms with Crippen molar-refractivity contribution in [3.05, 3.63) is 28.8 Å². The molecule has 0 aliphatic rings. The van der Waals surface area contributed by atoms with E-state index in [1.807, 2.05) is 33.8 Å². The van der Waals surface area contributed by atoms with Gasteiger partial charge in [-0.2, -0.15) is 5.26 Å². The lowest BCUT2D eigenvalue weighted by Crippen LogP contribution is -2.47. The number of amides is 2. The summed E-state index contributed by atoms with van der Waals surface area (Å²) in [6.07, 6.45) is 0. The van der Waals surface area contributed by atoms with Gasteiger partial charge >= 0.3 is 0 Å². The first-order chi connectivity index (χ1) is 11.1. The van der Waals surface area contributed by atoms with Crippen molar-refractivity contribution in [2.75, 3.05) is 25.0 Å². The van der Waals surface area contributed by atoms with Crippen LogP contribution in [0.15, 0.2) is 18.2 Å². The summed E-state index contributed by atoms with van der Waals surface area (Å²) in [5, 5.41) is 15.0. The molecule has 130 valence electrons. The van der Waals surface area contributed by atoms with Crippen molar-refractivity contribution in [3.63, 3.8) is 0 Å². The fourth-order valence-electron chi connectivity index (χ4n) is 2.05. The molecule has 0 fully saturated rings. The Morgan fingerprint density at radius 1 is 1.25 bits per heavy atom. The quantitative estimate of drug-likeness (QED) is 0.824. The van der Waals surface area contributed by atoms with E-state index in [4.69, 9.17) is 16.9 Å². The van der Waals surface area contributed by atoms with Gasteiger partial charge in [-0.3, -0.25) is 14.5 Å². The maximum absolute atomic E-state index is 12.2. The molecular weight excluding hydrogens is 328 g/mol. The highest BCUT2D eigenvalue weighted by atomic mass is 35.5. The number of hydrogen-bond acceptors (Lipinski definition) is 4. The summed E-state index contributed by atoms with van der Waals surface area (Å²) in [5.41, 5.74) is 0.382. The van der Waals surface area contributed by atoms with Crippen LogP contribution in [0, 0.1) is 11.3 Å². The van der Waals surface area contributed by atoms with E-state index in [1.54, 1.807) is 17.0 Å². The number of rotatable bonds is 6. The van der Waals surface area contributed by atoms with E-state index >= 15 is 0 Å². The third kappa shape index (κ3) is 6.99. The van der Waals surface area contributed by atoms with Gasteiger partial charge in [0, 0.05) is 10.6 Å². The first-order valence-electron chi connectivity index (χ1n) is 7.67. The van der Waals surface area contributed by atoms with Crippen LogP contribution < -0.4 is 10.6 Å². The van der Waals surface area contributed by atoms with Gasteiger partial charge in [0.25, 0.3) is 0 Å². The molecule has 0 heterocycles. The molecule has 0 unspecified atom stereocenters. The number of carbonyl (C=O) groups excluding carboxylic acids is 2. The molecule has 1 rings (SSSR count). The van der Waals surface area contributed by atoms with Gasteiger partial charge in [-0.05, 0) is 45.5 Å². The summed E-state index contributed by atoms with van der Waals surface area (Å²) in [7, 11) is 0. The molecule has 0 bridgehead atoms. The van der Waals surface area contributed by atoms with Gasteiger partial charge in [-0.15, -0.1) is 0 Å². The third-order valence-electron chi connectivity index (χ3n) is 3.07. The second-order valence-electron chi connectivity index (χ2n) is 6.45. The standard InChI is InChI=1S/C17H23ClN4O2/c1-5-22(11-16(24)21-17(2,3)4)10-15(23)20-14-8-13(18)7-6-12(14)9-19/h6-8H,5,10-11H2,1-4H3,(H,20,23)(H,21,24). The van der Waals surface area contributed by atoms with Gasteiger partial charge in [0.1, 0.15) is 6.07 Å². The molecule has 0 atom stereocenters. The normalized spacial score (nSPS) is 11.0. The lowest BCUT2D eigenvalue weighted by molar-refractivity contribution is -0.124. The molecule has 0 saturated heterocycles. The highest BCUT2D eigenvalue weighted by molar-refractivity contribution is 6.31. The van der Waals surface area contributed by atoms with Crippen LogP contribution in [0.5, 0.6) is 0 Å². The van der Waals surface area contributed by atoms with Crippen LogP contribution in [0.3, 0.4) is 0 Å². The summed E-state index contributed by atoms with van der Waals surface area (Å²) in [6.45, 7) is 8.29. The highest BCUT2D eigenvalue weighted by Gasteiger charge is 2.18. The summed E-state index contributed by atoms with van der Waals surface area (Å²) in [4.78, 5) is 25.9. The maximum Gasteiger partial charge on any atom is 0.238 e. The Balaban J connectivity index is 2.67. The Labute approximate surface area is 147 Å². The second kappa shape index (κ2) is 8.67. The number of hydrogen-bond donors (Lipinski definition) is 2. The molecule has 2 amide bonds. The number of nitrogens with one attached hydrogen (secondary N) is 2. The van der Waals surface area contributed by atoms with E-state index in [9.17, 15) is 9.59 Å². The zero-order valence-corrected chi connectivity index (χ0v) is 15.2. The fraction of sp³-hybridized carbons (Fsp3) is 0.471. The average Bonchev–Trinajstić information content (AvgIpc) is 2.44. The van der Waals surface area contributed by atoms with Gasteiger partial charge < -0.3 is 10.6 Å². The van der Waals surface area contributed by atoms with Gasteiger partial charge in [0.05, 0.1) is 24.3 Å². The summed E-state index contributed by atoms with van der Waals surface area (Å²) >= 11 is 5.90. The van der Waals surface area contributed by atoms with E-state index in [0.29, 0.717) is 22.8 Å². The predicted octanol–water partition coefficient (Wildman–Crippen LogP) is 2.39. The van der Waals surface area contributed by atoms with Crippen LogP contribution in [0.2, 0.25) is 5.02 Å². The van der Waals surface area contributed by atoms with Crippen molar-refractivity contribution < 1.29 is 9.59 Å². The lowest BCUT2D eigenvalue weighted by atomic mass is 10.1. The van der Waals surface area contributed by atoms with Crippen LogP contribution in [0.1, 0.15) is 33.3 Å². The van der Waals surface area contributed by atoms with Crippen molar-refractivity contribution in [3.8, 4) is 6.07 Å². The Kier molecular flexibility index (Phi) is 7.20. The van der Waals surface area contributed by atoms with Crippen molar-refractivity contribution in [1.29, 1.82) is 5.26 Å². The van der Waals surface area contributed by atoms with E-state index in [-0.39, 0.29) is 30.4 Å². The minimum absolute atomic E-state index is 0.0471. The minimum atomic E-state index is -0.318. The molecule has 0 spiro atoms. The highest BCUT2D eigenvalue weighted by Crippen LogP contribution is 2.20. The van der Waals surface area contributed by atoms with Crippen molar-refractivity contribution in [1.82, 2.24) is 10.2 Å². The van der Waals surface area contributed by atoms with Crippen LogP contribution in [-0.4, -0.2) is 41.9 Å². The Bertz CT molecular complexity index is 647. The molecule has 6 nitrogen and oxygen atoms in total. The molecule has 0 aromatic heterocycles. The van der Waals surface area contributed by atoms with Crippen LogP contribution in [0.25, 0.3) is 0 Å². The number of carbonyl (C=O) groups is 2. The predicted molar refractivity (Wildman–Crippen MR) is 94.8 cm³/mol. The van der Waals surface area contributed by atoms with Gasteiger partial charge in [-0.25, -0.2) is 0 Å². The molecule has 0 aliphatic heterocycles. The molecule has 1 aromatic carbocycles. The number of halogens is 1. The van der Waals surface area contributed by atoms with Crippen molar-refractivity contribution in [2.24, 2.45) is 0 Å². The zero-order valence-electron chi connectivity index (χ0n) is 14.4. The van der Waals surface area contributed by atoms with Gasteiger partial charge in [0.15, 0.2) is 0 Å². The SMILES string of the molecule is CCN(CC(=O)Nc1cc(Cl)ccc1C#N)CC(=O)NC(C)(C)C. The average molecular weight is 351 g/mol. The van der Waals surface area contributed by atoms with E-state index < -0.39 is 0 Å². The smallest absolute Gasteiger partial charge is 0.238 e. The molecule has 24 heavy (non-hydrogen) atoms. The molecule has 0 radical (unpaired) electrons. The number of nitriles is 1. The number of anilines is 1. The first-order valence-corrected chi connectivity index (χ1v) is 8.05. The number of likely N-dealkylation sites (N-methyl/N-ethyl adjacent to an activating group) is 1. The Morgan fingerprint density at radius 3 is 2.42 bits per heavy atom. The topological polar surface area (TPSA) is 85.2 Å². The number of benzene rings is 1. The third-order valence-corrected chi connectivity index (χ3v) is 3.31. The second-order valence-corrected chi connectivity index (χ2v) is 6.89. The van der Waals surface area contributed by atoms with Crippen LogP contribution in [-0.2, 0) is 9.59 Å². The Morgan fingerprint density at radius 2 is 1.88 bits per heavy atom. The van der Waals surface area contributed by atoms with Crippen LogP contribution in [0.4, 0.5) is 5.69 Å². The Hall–Kier alpha value is -2.10. The summed E-state index contributed by atoms with van der Waals surface area (Å²) < 4.78 is 0. The van der Waals surface area contributed by atoms with Gasteiger partial charge in [-0.1, -0.05) is 18.5 Å². The van der Waals surface area contributed by atoms with Crippen LogP contribution >= 0.6 is 11.6 Å². The monoisotopic (exact) mass is 350 g/mol. The first kappa shape index (κ1) is 19.9. The van der Waals surface area contributed by atoms with Gasteiger partial charge in [0.2, 0.25) is 11.8 Å². The largest absolute Gasteiger partial charge is 0.350 e. The molecule has 1 aromatic rings. The number of nitrogens with zero attached hydrogens (tertiary/aromatic N) is 2. The van der Waals surface area contributed by atoms with E-state index in [2.05, 4.69) is 10.6 Å². The molecule has 7 heteroatoms. The lowest BCUT2D eigenvalue weighted by Gasteiger charge is -2.24. The molecule has 0 saturated carbocycles. The summed E-state index contributed by atoms with van der Waals surface area (Å²) in [6, 6.07) is 6.67. The van der Waals surface area contributed by atoms with E-state index in [0.717, 1.165) is 0 Å². The van der Waals surface area contributed by atoms with Crippen molar-refractivity contribution in [2.45, 2.75) is 33.2 Å². The zero-order chi connectivity index (χ0) is 18.3. The molecular formula is C17H23ClN4O2. The summed E-state index contributed by atoms with van der Waals surface area (Å²) in [5.74, 6) is -0.447. The van der Waals surface area contributed by atoms with E-state index in [1.165, 1.54) is 6.07 Å². The maximum atomic E-state index is 12.2. The molecule has 0 aliphatic carbocycles.